The summed E-state index contributed by atoms with van der Waals surface area (Å²) in [5.74, 6) is 2.12. The van der Waals surface area contributed by atoms with Crippen LogP contribution in [0.2, 0.25) is 0 Å². The van der Waals surface area contributed by atoms with Crippen molar-refractivity contribution in [2.75, 3.05) is 0 Å². The van der Waals surface area contributed by atoms with Gasteiger partial charge in [0.15, 0.2) is 0 Å². The van der Waals surface area contributed by atoms with Crippen LogP contribution in [0.15, 0.2) is 24.3 Å². The zero-order chi connectivity index (χ0) is 14.5. The minimum Gasteiger partial charge on any atom is -0.300 e. The highest BCUT2D eigenvalue weighted by molar-refractivity contribution is 5.76. The maximum Gasteiger partial charge on any atom is 0.133 e. The Morgan fingerprint density at radius 3 is 2.63 bits per heavy atom. The minimum atomic E-state index is 0.231. The molecule has 0 aromatic carbocycles. The van der Waals surface area contributed by atoms with E-state index in [0.717, 1.165) is 5.92 Å². The molecule has 19 heavy (non-hydrogen) atoms. The van der Waals surface area contributed by atoms with Crippen LogP contribution in [0.5, 0.6) is 0 Å². The largest absolute Gasteiger partial charge is 0.300 e. The lowest BCUT2D eigenvalue weighted by atomic mass is 9.64. The molecule has 1 heteroatoms. The Labute approximate surface area is 119 Å². The molecule has 1 unspecified atom stereocenters. The van der Waals surface area contributed by atoms with E-state index in [1.54, 1.807) is 6.92 Å². The van der Waals surface area contributed by atoms with Crippen LogP contribution in [0, 0.1) is 23.2 Å². The molecule has 1 saturated carbocycles. The van der Waals surface area contributed by atoms with Gasteiger partial charge in [-0.25, -0.2) is 0 Å². The van der Waals surface area contributed by atoms with Crippen molar-refractivity contribution < 1.29 is 4.79 Å². The summed E-state index contributed by atoms with van der Waals surface area (Å²) >= 11 is 0. The molecular weight excluding hydrogens is 232 g/mol. The minimum absolute atomic E-state index is 0.231. The van der Waals surface area contributed by atoms with E-state index in [4.69, 9.17) is 0 Å². The van der Waals surface area contributed by atoms with Gasteiger partial charge in [0.1, 0.15) is 5.78 Å². The van der Waals surface area contributed by atoms with Gasteiger partial charge in [-0.05, 0) is 36.5 Å². The van der Waals surface area contributed by atoms with E-state index in [-0.39, 0.29) is 5.78 Å². The first-order chi connectivity index (χ1) is 8.83. The van der Waals surface area contributed by atoms with Gasteiger partial charge < -0.3 is 0 Å². The molecule has 1 nitrogen and oxygen atoms in total. The van der Waals surface area contributed by atoms with Gasteiger partial charge in [0.05, 0.1) is 0 Å². The Morgan fingerprint density at radius 1 is 1.37 bits per heavy atom. The van der Waals surface area contributed by atoms with Gasteiger partial charge in [-0.1, -0.05) is 64.8 Å². The lowest BCUT2D eigenvalue weighted by Crippen LogP contribution is -2.32. The molecule has 1 fully saturated rings. The van der Waals surface area contributed by atoms with Crippen molar-refractivity contribution in [3.8, 4) is 0 Å². The SMILES string of the molecule is CC(=O)C/C=C/C(C)/C=C\[C@H]1[C@H](C)CCCC1(C)C. The molecule has 1 rings (SSSR count). The van der Waals surface area contributed by atoms with Crippen molar-refractivity contribution in [2.45, 2.75) is 60.3 Å². The number of carbonyl (C=O) groups is 1. The van der Waals surface area contributed by atoms with Gasteiger partial charge in [0, 0.05) is 6.42 Å². The number of hydrogen-bond donors (Lipinski definition) is 0. The summed E-state index contributed by atoms with van der Waals surface area (Å²) in [5.41, 5.74) is 0.428. The molecule has 0 spiro atoms. The first kappa shape index (κ1) is 16.2. The Morgan fingerprint density at radius 2 is 2.05 bits per heavy atom. The summed E-state index contributed by atoms with van der Waals surface area (Å²) < 4.78 is 0. The zero-order valence-corrected chi connectivity index (χ0v) is 13.3. The fourth-order valence-electron chi connectivity index (χ4n) is 3.25. The van der Waals surface area contributed by atoms with Gasteiger partial charge in [0.2, 0.25) is 0 Å². The van der Waals surface area contributed by atoms with E-state index in [1.165, 1.54) is 19.3 Å². The smallest absolute Gasteiger partial charge is 0.133 e. The van der Waals surface area contributed by atoms with Gasteiger partial charge >= 0.3 is 0 Å². The lowest BCUT2D eigenvalue weighted by molar-refractivity contribution is -0.116. The summed E-state index contributed by atoms with van der Waals surface area (Å²) in [7, 11) is 0. The average molecular weight is 262 g/mol. The van der Waals surface area contributed by atoms with Gasteiger partial charge in [0.25, 0.3) is 0 Å². The summed E-state index contributed by atoms with van der Waals surface area (Å²) in [6.07, 6.45) is 13.5. The Bertz CT molecular complexity index is 349. The van der Waals surface area contributed by atoms with E-state index >= 15 is 0 Å². The van der Waals surface area contributed by atoms with Crippen molar-refractivity contribution in [3.63, 3.8) is 0 Å². The van der Waals surface area contributed by atoms with Gasteiger partial charge in [-0.2, -0.15) is 0 Å². The van der Waals surface area contributed by atoms with Crippen LogP contribution in [0.3, 0.4) is 0 Å². The number of hydrogen-bond acceptors (Lipinski definition) is 1. The average Bonchev–Trinajstić information content (AvgIpc) is 2.26. The molecule has 108 valence electrons. The molecule has 0 amide bonds. The predicted molar refractivity (Wildman–Crippen MR) is 83.0 cm³/mol. The maximum absolute atomic E-state index is 10.9. The number of carbonyl (C=O) groups excluding carboxylic acids is 1. The molecule has 1 aliphatic rings. The topological polar surface area (TPSA) is 17.1 Å². The van der Waals surface area contributed by atoms with Crippen LogP contribution in [-0.4, -0.2) is 5.78 Å². The molecule has 1 aliphatic carbocycles. The third-order valence-electron chi connectivity index (χ3n) is 4.46. The van der Waals surface area contributed by atoms with Crippen LogP contribution in [0.1, 0.15) is 60.3 Å². The van der Waals surface area contributed by atoms with Crippen molar-refractivity contribution in [1.29, 1.82) is 0 Å². The second kappa shape index (κ2) is 7.07. The second-order valence-corrected chi connectivity index (χ2v) is 6.96. The van der Waals surface area contributed by atoms with E-state index < -0.39 is 0 Å². The predicted octanol–water partition coefficient (Wildman–Crippen LogP) is 5.18. The molecular formula is C18H30O. The molecule has 0 radical (unpaired) electrons. The standard InChI is InChI=1S/C18H30O/c1-14(8-6-10-16(3)19)11-12-17-15(2)9-7-13-18(17,4)5/h6,8,11-12,14-15,17H,7,9-10,13H2,1-5H3/b8-6+,12-11-/t14?,15-,17+/m1/s1. The monoisotopic (exact) mass is 262 g/mol. The van der Waals surface area contributed by atoms with E-state index in [0.29, 0.717) is 23.7 Å². The Balaban J connectivity index is 2.58. The zero-order valence-electron chi connectivity index (χ0n) is 13.3. The molecule has 0 aromatic heterocycles. The molecule has 3 atom stereocenters. The highest BCUT2D eigenvalue weighted by atomic mass is 16.1. The number of ketones is 1. The van der Waals surface area contributed by atoms with E-state index in [2.05, 4.69) is 45.9 Å². The first-order valence-electron chi connectivity index (χ1n) is 7.67. The van der Waals surface area contributed by atoms with Crippen molar-refractivity contribution >= 4 is 5.78 Å². The summed E-state index contributed by atoms with van der Waals surface area (Å²) in [4.78, 5) is 10.9. The third kappa shape index (κ3) is 5.34. The fraction of sp³-hybridized carbons (Fsp3) is 0.722. The Kier molecular flexibility index (Phi) is 6.03. The van der Waals surface area contributed by atoms with Crippen LogP contribution >= 0.6 is 0 Å². The Hall–Kier alpha value is -0.850. The third-order valence-corrected chi connectivity index (χ3v) is 4.46. The number of allylic oxidation sites excluding steroid dienone is 4. The molecule has 0 saturated heterocycles. The van der Waals surface area contributed by atoms with Gasteiger partial charge in [-0.3, -0.25) is 4.79 Å². The highest BCUT2D eigenvalue weighted by Gasteiger charge is 2.34. The van der Waals surface area contributed by atoms with Crippen LogP contribution in [0.4, 0.5) is 0 Å². The normalized spacial score (nSPS) is 28.9. The first-order valence-corrected chi connectivity index (χ1v) is 7.67. The quantitative estimate of drug-likeness (QED) is 0.624. The molecule has 0 heterocycles. The second-order valence-electron chi connectivity index (χ2n) is 6.96. The molecule has 0 N–H and O–H groups in total. The fourth-order valence-corrected chi connectivity index (χ4v) is 3.25. The van der Waals surface area contributed by atoms with Crippen LogP contribution < -0.4 is 0 Å². The highest BCUT2D eigenvalue weighted by Crippen LogP contribution is 2.44. The van der Waals surface area contributed by atoms with Crippen molar-refractivity contribution in [1.82, 2.24) is 0 Å². The number of rotatable bonds is 5. The van der Waals surface area contributed by atoms with E-state index in [1.807, 2.05) is 6.08 Å². The molecule has 0 aliphatic heterocycles. The molecule has 0 aromatic rings. The summed E-state index contributed by atoms with van der Waals surface area (Å²) in [6.45, 7) is 11.0. The number of Topliss-reactive ketones (excluding diaryl/α,β-unsaturated/α-hetero) is 1. The van der Waals surface area contributed by atoms with Gasteiger partial charge in [-0.15, -0.1) is 0 Å². The summed E-state index contributed by atoms with van der Waals surface area (Å²) in [5, 5.41) is 0. The van der Waals surface area contributed by atoms with Crippen LogP contribution in [-0.2, 0) is 4.79 Å². The summed E-state index contributed by atoms with van der Waals surface area (Å²) in [6, 6.07) is 0. The maximum atomic E-state index is 10.9. The van der Waals surface area contributed by atoms with Crippen LogP contribution in [0.25, 0.3) is 0 Å². The van der Waals surface area contributed by atoms with Crippen molar-refractivity contribution in [3.05, 3.63) is 24.3 Å². The van der Waals surface area contributed by atoms with Crippen molar-refractivity contribution in [2.24, 2.45) is 23.2 Å². The molecule has 0 bridgehead atoms. The van der Waals surface area contributed by atoms with E-state index in [9.17, 15) is 4.79 Å². The lowest BCUT2D eigenvalue weighted by Gasteiger charge is -2.41.